The molecule has 2 aliphatic carbocycles. The van der Waals surface area contributed by atoms with Gasteiger partial charge in [-0.2, -0.15) is 0 Å². The lowest BCUT2D eigenvalue weighted by Gasteiger charge is -2.39. The van der Waals surface area contributed by atoms with Gasteiger partial charge in [-0.25, -0.2) is 0 Å². The fourth-order valence-electron chi connectivity index (χ4n) is 6.53. The summed E-state index contributed by atoms with van der Waals surface area (Å²) in [6, 6.07) is 13.8. The van der Waals surface area contributed by atoms with Gasteiger partial charge in [0.25, 0.3) is 0 Å². The van der Waals surface area contributed by atoms with Gasteiger partial charge in [0.05, 0.1) is 17.4 Å². The van der Waals surface area contributed by atoms with Crippen LogP contribution >= 0.6 is 0 Å². The quantitative estimate of drug-likeness (QED) is 0.0730. The lowest BCUT2D eigenvalue weighted by atomic mass is 9.63. The van der Waals surface area contributed by atoms with Gasteiger partial charge in [-0.05, 0) is 93.2 Å². The van der Waals surface area contributed by atoms with Crippen molar-refractivity contribution in [3.63, 3.8) is 0 Å². The molecule has 7 N–H and O–H groups in total. The highest BCUT2D eigenvalue weighted by Gasteiger charge is 2.45. The Hall–Kier alpha value is -5.72. The molecule has 0 fully saturated rings. The number of carbonyl (C=O) groups excluding carboxylic acids is 2. The molecule has 4 atom stereocenters. The Labute approximate surface area is 284 Å². The summed E-state index contributed by atoms with van der Waals surface area (Å²) in [4.78, 5) is 28.1. The zero-order valence-corrected chi connectivity index (χ0v) is 27.3. The standard InChI is InChI=1S/C40H38O9/c1-21(2)4-11-27-33(44)16-14-29(38(27)47)40(49)36-30(26-12-10-25(42)20-35(26)46)18-22(3)19-31(36)37-34(45)17-13-28(39(37)48)32(43)15-7-23-5-8-24(41)9-6-23/h4-10,12-13,15,17,19,30-31,35-36,41-42,44-48H,11,18,20H2,1-3H3/b15-7+. The summed E-state index contributed by atoms with van der Waals surface area (Å²) in [6.07, 6.45) is 8.39. The second kappa shape index (κ2) is 14.2. The zero-order chi connectivity index (χ0) is 35.6. The van der Waals surface area contributed by atoms with E-state index in [1.165, 1.54) is 42.5 Å². The van der Waals surface area contributed by atoms with Crippen molar-refractivity contribution in [3.8, 4) is 28.7 Å². The van der Waals surface area contributed by atoms with Crippen LogP contribution in [0.4, 0.5) is 0 Å². The Morgan fingerprint density at radius 1 is 0.898 bits per heavy atom. The Bertz CT molecular complexity index is 1940. The molecule has 3 aromatic rings. The number of hydrogen-bond acceptors (Lipinski definition) is 9. The van der Waals surface area contributed by atoms with Crippen LogP contribution in [0.2, 0.25) is 0 Å². The molecule has 0 aromatic heterocycles. The average Bonchev–Trinajstić information content (AvgIpc) is 3.04. The molecule has 3 aromatic carbocycles. The SMILES string of the molecule is CC(C)=CCc1c(O)c#cc(C(=O)C2C(C3=CC=C(O)CC3O)CC(C)=CC2c2c(O)ccc(C(=O)/C=C/c3ccc(O)cc3)c2O)c1O. The number of benzene rings is 2. The highest BCUT2D eigenvalue weighted by molar-refractivity contribution is 6.09. The van der Waals surface area contributed by atoms with Gasteiger partial charge in [0.2, 0.25) is 0 Å². The number of phenolic OH excluding ortho intramolecular Hbond substituents is 3. The smallest absolute Gasteiger partial charge is 0.189 e. The van der Waals surface area contributed by atoms with E-state index in [1.54, 1.807) is 30.4 Å². The average molecular weight is 663 g/mol. The van der Waals surface area contributed by atoms with Crippen molar-refractivity contribution in [1.29, 1.82) is 0 Å². The Morgan fingerprint density at radius 2 is 1.61 bits per heavy atom. The molecule has 0 amide bonds. The number of ketones is 2. The van der Waals surface area contributed by atoms with Crippen molar-refractivity contribution in [2.75, 3.05) is 0 Å². The summed E-state index contributed by atoms with van der Waals surface area (Å²) in [5, 5.41) is 75.4. The van der Waals surface area contributed by atoms with Crippen LogP contribution in [0.5, 0.6) is 28.7 Å². The van der Waals surface area contributed by atoms with Gasteiger partial charge in [0.15, 0.2) is 17.3 Å². The van der Waals surface area contributed by atoms with Crippen LogP contribution in [0.25, 0.3) is 6.08 Å². The molecule has 0 aliphatic heterocycles. The molecule has 0 bridgehead atoms. The number of hydrogen-bond donors (Lipinski definition) is 7. The molecule has 2 aliphatic rings. The normalized spacial score (nSPS) is 20.5. The fraction of sp³-hybridized carbons (Fsp3) is 0.250. The third-order valence-electron chi connectivity index (χ3n) is 9.00. The van der Waals surface area contributed by atoms with Crippen molar-refractivity contribution in [1.82, 2.24) is 0 Å². The number of Topliss-reactive ketones (excluding diaryl/α,β-unsaturated/α-hetero) is 1. The maximum absolute atomic E-state index is 14.7. The molecule has 9 heteroatoms. The molecule has 5 rings (SSSR count). The zero-order valence-electron chi connectivity index (χ0n) is 27.3. The molecule has 0 heterocycles. The van der Waals surface area contributed by atoms with E-state index < -0.39 is 46.9 Å². The number of allylic oxidation sites excluding steroid dienone is 7. The fourth-order valence-corrected chi connectivity index (χ4v) is 6.53. The number of carbonyl (C=O) groups is 2. The molecule has 0 saturated heterocycles. The molecule has 0 saturated carbocycles. The van der Waals surface area contributed by atoms with Crippen molar-refractivity contribution in [2.24, 2.45) is 11.8 Å². The van der Waals surface area contributed by atoms with Crippen molar-refractivity contribution < 1.29 is 45.3 Å². The first kappa shape index (κ1) is 34.6. The van der Waals surface area contributed by atoms with Crippen LogP contribution in [0.15, 0.2) is 89.3 Å². The van der Waals surface area contributed by atoms with E-state index in [0.29, 0.717) is 11.1 Å². The monoisotopic (exact) mass is 662 g/mol. The first-order valence-corrected chi connectivity index (χ1v) is 15.8. The summed E-state index contributed by atoms with van der Waals surface area (Å²) in [6.45, 7) is 5.51. The minimum absolute atomic E-state index is 0.0383. The number of aliphatic hydroxyl groups excluding tert-OH is 2. The predicted molar refractivity (Wildman–Crippen MR) is 184 cm³/mol. The van der Waals surface area contributed by atoms with E-state index in [4.69, 9.17) is 0 Å². The van der Waals surface area contributed by atoms with Crippen LogP contribution in [0, 0.1) is 24.0 Å². The van der Waals surface area contributed by atoms with Gasteiger partial charge >= 0.3 is 0 Å². The van der Waals surface area contributed by atoms with Crippen molar-refractivity contribution >= 4 is 17.6 Å². The lowest BCUT2D eigenvalue weighted by molar-refractivity contribution is 0.0838. The van der Waals surface area contributed by atoms with E-state index in [9.17, 15) is 45.3 Å². The molecular formula is C40H38O9. The summed E-state index contributed by atoms with van der Waals surface area (Å²) in [5.74, 6) is -5.96. The largest absolute Gasteiger partial charge is 0.512 e. The third-order valence-corrected chi connectivity index (χ3v) is 9.00. The van der Waals surface area contributed by atoms with Gasteiger partial charge in [-0.15, -0.1) is 0 Å². The number of rotatable bonds is 9. The molecule has 9 nitrogen and oxygen atoms in total. The lowest BCUT2D eigenvalue weighted by Crippen LogP contribution is -2.37. The van der Waals surface area contributed by atoms with Crippen molar-refractivity contribution in [2.45, 2.75) is 52.1 Å². The highest BCUT2D eigenvalue weighted by atomic mass is 16.3. The van der Waals surface area contributed by atoms with Crippen LogP contribution in [0.1, 0.15) is 76.9 Å². The maximum atomic E-state index is 14.7. The first-order chi connectivity index (χ1) is 23.3. The molecular weight excluding hydrogens is 624 g/mol. The topological polar surface area (TPSA) is 176 Å². The summed E-state index contributed by atoms with van der Waals surface area (Å²) in [7, 11) is 0. The Kier molecular flexibility index (Phi) is 10.0. The van der Waals surface area contributed by atoms with Gasteiger partial charge in [0, 0.05) is 29.4 Å². The Balaban J connectivity index is 1.66. The van der Waals surface area contributed by atoms with Gasteiger partial charge in [-0.1, -0.05) is 53.6 Å². The summed E-state index contributed by atoms with van der Waals surface area (Å²) >= 11 is 0. The van der Waals surface area contributed by atoms with E-state index in [0.717, 1.165) is 11.1 Å². The number of aromatic hydroxyl groups is 5. The molecule has 0 radical (unpaired) electrons. The molecule has 4 unspecified atom stereocenters. The van der Waals surface area contributed by atoms with Crippen LogP contribution in [-0.4, -0.2) is 53.4 Å². The number of aliphatic hydroxyl groups is 2. The minimum atomic E-state index is -1.16. The van der Waals surface area contributed by atoms with E-state index in [-0.39, 0.29) is 64.5 Å². The minimum Gasteiger partial charge on any atom is -0.512 e. The van der Waals surface area contributed by atoms with Gasteiger partial charge in [-0.3, -0.25) is 9.59 Å². The number of phenols is 3. The third kappa shape index (κ3) is 7.25. The predicted octanol–water partition coefficient (Wildman–Crippen LogP) is 6.90. The van der Waals surface area contributed by atoms with E-state index in [1.807, 2.05) is 20.8 Å². The van der Waals surface area contributed by atoms with Crippen LogP contribution in [0.3, 0.4) is 0 Å². The second-order valence-corrected chi connectivity index (χ2v) is 12.8. The summed E-state index contributed by atoms with van der Waals surface area (Å²) < 4.78 is 0. The first-order valence-electron chi connectivity index (χ1n) is 15.8. The van der Waals surface area contributed by atoms with Crippen molar-refractivity contribution in [3.05, 3.63) is 129 Å². The van der Waals surface area contributed by atoms with Crippen LogP contribution < -0.4 is 0 Å². The molecule has 0 spiro atoms. The molecule has 252 valence electrons. The highest BCUT2D eigenvalue weighted by Crippen LogP contribution is 2.51. The second-order valence-electron chi connectivity index (χ2n) is 12.8. The van der Waals surface area contributed by atoms with E-state index in [2.05, 4.69) is 12.1 Å². The van der Waals surface area contributed by atoms with E-state index >= 15 is 0 Å². The summed E-state index contributed by atoms with van der Waals surface area (Å²) in [5.41, 5.74) is 2.31. The van der Waals surface area contributed by atoms with Gasteiger partial charge < -0.3 is 35.7 Å². The van der Waals surface area contributed by atoms with Crippen LogP contribution in [-0.2, 0) is 6.42 Å². The maximum Gasteiger partial charge on any atom is 0.189 e. The molecule has 49 heavy (non-hydrogen) atoms. The van der Waals surface area contributed by atoms with Gasteiger partial charge in [0.1, 0.15) is 28.6 Å². The Morgan fingerprint density at radius 3 is 2.29 bits per heavy atom.